The maximum absolute atomic E-state index is 12.6. The fourth-order valence-corrected chi connectivity index (χ4v) is 3.35. The summed E-state index contributed by atoms with van der Waals surface area (Å²) >= 11 is 0. The molecule has 6 heteroatoms. The Kier molecular flexibility index (Phi) is 5.69. The van der Waals surface area contributed by atoms with Crippen molar-refractivity contribution in [3.8, 4) is 11.8 Å². The molecule has 136 valence electrons. The third-order valence-corrected chi connectivity index (χ3v) is 4.76. The Morgan fingerprint density at radius 3 is 2.81 bits per heavy atom. The van der Waals surface area contributed by atoms with Gasteiger partial charge in [0.25, 0.3) is 5.91 Å². The molecule has 1 saturated heterocycles. The largest absolute Gasteiger partial charge is 0.330 e. The minimum Gasteiger partial charge on any atom is -0.330 e. The lowest BCUT2D eigenvalue weighted by molar-refractivity contribution is -0.136. The van der Waals surface area contributed by atoms with E-state index in [0.717, 1.165) is 43.4 Å². The number of piperidine rings is 1. The first-order valence-electron chi connectivity index (χ1n) is 9.06. The van der Waals surface area contributed by atoms with Crippen molar-refractivity contribution in [3.63, 3.8) is 0 Å². The molecular formula is C20H23N3O3. The Labute approximate surface area is 153 Å². The third-order valence-electron chi connectivity index (χ3n) is 4.76. The van der Waals surface area contributed by atoms with Gasteiger partial charge in [0.1, 0.15) is 6.04 Å². The van der Waals surface area contributed by atoms with Gasteiger partial charge >= 0.3 is 0 Å². The fourth-order valence-electron chi connectivity index (χ4n) is 3.35. The van der Waals surface area contributed by atoms with Gasteiger partial charge < -0.3 is 10.6 Å². The molecule has 0 aliphatic carbocycles. The highest BCUT2D eigenvalue weighted by Gasteiger charge is 2.38. The molecule has 3 amide bonds. The van der Waals surface area contributed by atoms with Crippen LogP contribution < -0.4 is 11.1 Å². The number of carbonyl (C=O) groups is 3. The summed E-state index contributed by atoms with van der Waals surface area (Å²) in [5, 5.41) is 2.31. The molecule has 0 aromatic heterocycles. The average molecular weight is 353 g/mol. The number of imide groups is 1. The Hall–Kier alpha value is -2.65. The highest BCUT2D eigenvalue weighted by molar-refractivity contribution is 6.05. The highest BCUT2D eigenvalue weighted by Crippen LogP contribution is 2.28. The Bertz CT molecular complexity index is 791. The van der Waals surface area contributed by atoms with Crippen LogP contribution in [0.2, 0.25) is 0 Å². The summed E-state index contributed by atoms with van der Waals surface area (Å²) in [5.74, 6) is 5.47. The summed E-state index contributed by atoms with van der Waals surface area (Å²) in [7, 11) is 0. The second-order valence-corrected chi connectivity index (χ2v) is 6.67. The lowest BCUT2D eigenvalue weighted by Gasteiger charge is -2.29. The van der Waals surface area contributed by atoms with Crippen LogP contribution in [0, 0.1) is 11.8 Å². The zero-order valence-corrected chi connectivity index (χ0v) is 14.7. The van der Waals surface area contributed by atoms with E-state index >= 15 is 0 Å². The van der Waals surface area contributed by atoms with Gasteiger partial charge in [0.2, 0.25) is 11.8 Å². The Morgan fingerprint density at radius 1 is 1.19 bits per heavy atom. The normalized spacial score (nSPS) is 19.0. The van der Waals surface area contributed by atoms with Crippen molar-refractivity contribution in [2.24, 2.45) is 5.73 Å². The number of carbonyl (C=O) groups excluding carboxylic acids is 3. The van der Waals surface area contributed by atoms with Crippen LogP contribution in [0.4, 0.5) is 0 Å². The summed E-state index contributed by atoms with van der Waals surface area (Å²) in [4.78, 5) is 37.5. The van der Waals surface area contributed by atoms with E-state index in [1.54, 1.807) is 11.0 Å². The van der Waals surface area contributed by atoms with Crippen LogP contribution >= 0.6 is 0 Å². The van der Waals surface area contributed by atoms with Gasteiger partial charge in [-0.25, -0.2) is 0 Å². The zero-order chi connectivity index (χ0) is 18.5. The molecule has 2 aliphatic heterocycles. The summed E-state index contributed by atoms with van der Waals surface area (Å²) in [6, 6.07) is 4.97. The van der Waals surface area contributed by atoms with Crippen LogP contribution in [0.15, 0.2) is 18.2 Å². The van der Waals surface area contributed by atoms with Crippen molar-refractivity contribution < 1.29 is 14.4 Å². The van der Waals surface area contributed by atoms with Crippen LogP contribution in [0.3, 0.4) is 0 Å². The molecule has 1 fully saturated rings. The predicted octanol–water partition coefficient (Wildman–Crippen LogP) is 1.32. The minimum atomic E-state index is -0.579. The lowest BCUT2D eigenvalue weighted by atomic mass is 10.0. The SMILES string of the molecule is NCCCCCC#Cc1ccc2c(c1)CN(C1CCC(=O)NC1=O)C2=O. The first kappa shape index (κ1) is 18.2. The van der Waals surface area contributed by atoms with E-state index in [2.05, 4.69) is 17.2 Å². The van der Waals surface area contributed by atoms with Crippen LogP contribution in [0.25, 0.3) is 0 Å². The van der Waals surface area contributed by atoms with Crippen molar-refractivity contribution >= 4 is 17.7 Å². The van der Waals surface area contributed by atoms with Crippen molar-refractivity contribution in [1.29, 1.82) is 0 Å². The summed E-state index contributed by atoms with van der Waals surface area (Å²) < 4.78 is 0. The van der Waals surface area contributed by atoms with Crippen LogP contribution in [0.5, 0.6) is 0 Å². The van der Waals surface area contributed by atoms with Crippen LogP contribution in [-0.2, 0) is 16.1 Å². The first-order valence-corrected chi connectivity index (χ1v) is 9.06. The maximum Gasteiger partial charge on any atom is 0.255 e. The van der Waals surface area contributed by atoms with E-state index in [4.69, 9.17) is 5.73 Å². The molecule has 1 aromatic rings. The molecule has 1 aromatic carbocycles. The number of nitrogens with zero attached hydrogens (tertiary/aromatic N) is 1. The van der Waals surface area contributed by atoms with Gasteiger partial charge in [-0.2, -0.15) is 0 Å². The molecule has 2 aliphatic rings. The van der Waals surface area contributed by atoms with Crippen molar-refractivity contribution in [2.45, 2.75) is 51.1 Å². The Morgan fingerprint density at radius 2 is 2.04 bits per heavy atom. The Balaban J connectivity index is 1.66. The fraction of sp³-hybridized carbons (Fsp3) is 0.450. The lowest BCUT2D eigenvalue weighted by Crippen LogP contribution is -2.52. The molecule has 26 heavy (non-hydrogen) atoms. The molecule has 6 nitrogen and oxygen atoms in total. The van der Waals surface area contributed by atoms with Crippen molar-refractivity contribution in [1.82, 2.24) is 10.2 Å². The van der Waals surface area contributed by atoms with Crippen LogP contribution in [-0.4, -0.2) is 35.2 Å². The molecule has 0 bridgehead atoms. The number of hydrogen-bond donors (Lipinski definition) is 2. The van der Waals surface area contributed by atoms with Gasteiger partial charge in [0.05, 0.1) is 0 Å². The van der Waals surface area contributed by atoms with E-state index in [1.807, 2.05) is 12.1 Å². The summed E-state index contributed by atoms with van der Waals surface area (Å²) in [5.41, 5.74) is 7.84. The number of hydrogen-bond acceptors (Lipinski definition) is 4. The molecule has 3 rings (SSSR count). The third kappa shape index (κ3) is 3.94. The maximum atomic E-state index is 12.6. The van der Waals surface area contributed by atoms with Gasteiger partial charge in [-0.3, -0.25) is 19.7 Å². The molecule has 1 unspecified atom stereocenters. The highest BCUT2D eigenvalue weighted by atomic mass is 16.2. The number of fused-ring (bicyclic) bond motifs is 1. The molecule has 1 atom stereocenters. The molecular weight excluding hydrogens is 330 g/mol. The average Bonchev–Trinajstić information content (AvgIpc) is 2.94. The topological polar surface area (TPSA) is 92.5 Å². The van der Waals surface area contributed by atoms with E-state index in [1.165, 1.54) is 0 Å². The number of nitrogens with one attached hydrogen (secondary N) is 1. The predicted molar refractivity (Wildman–Crippen MR) is 96.9 cm³/mol. The van der Waals surface area contributed by atoms with Crippen molar-refractivity contribution in [2.75, 3.05) is 6.54 Å². The number of rotatable bonds is 5. The van der Waals surface area contributed by atoms with Gasteiger partial charge in [-0.15, -0.1) is 0 Å². The van der Waals surface area contributed by atoms with Crippen molar-refractivity contribution in [3.05, 3.63) is 34.9 Å². The molecule has 0 radical (unpaired) electrons. The van der Waals surface area contributed by atoms with Gasteiger partial charge in [-0.1, -0.05) is 18.3 Å². The number of nitrogens with two attached hydrogens (primary N) is 1. The zero-order valence-electron chi connectivity index (χ0n) is 14.7. The summed E-state index contributed by atoms with van der Waals surface area (Å²) in [6.45, 7) is 1.10. The van der Waals surface area contributed by atoms with E-state index < -0.39 is 6.04 Å². The second kappa shape index (κ2) is 8.15. The van der Waals surface area contributed by atoms with Crippen LogP contribution in [0.1, 0.15) is 60.0 Å². The monoisotopic (exact) mass is 353 g/mol. The second-order valence-electron chi connectivity index (χ2n) is 6.67. The number of amides is 3. The van der Waals surface area contributed by atoms with Gasteiger partial charge in [-0.05, 0) is 49.6 Å². The number of unbranched alkanes of at least 4 members (excludes halogenated alkanes) is 3. The van der Waals surface area contributed by atoms with E-state index in [9.17, 15) is 14.4 Å². The smallest absolute Gasteiger partial charge is 0.255 e. The standard InChI is InChI=1S/C20H23N3O3/c21-11-5-3-1-2-4-6-14-7-8-16-15(12-14)13-23(20(16)26)17-9-10-18(24)22-19(17)25/h7-8,12,17H,1-3,5,9-11,13,21H2,(H,22,24,25). The van der Waals surface area contributed by atoms with E-state index in [-0.39, 0.29) is 24.1 Å². The van der Waals surface area contributed by atoms with Gasteiger partial charge in [0, 0.05) is 30.5 Å². The molecule has 0 spiro atoms. The molecule has 2 heterocycles. The molecule has 3 N–H and O–H groups in total. The number of benzene rings is 1. The quantitative estimate of drug-likeness (QED) is 0.474. The molecule has 0 saturated carbocycles. The summed E-state index contributed by atoms with van der Waals surface area (Å²) in [6.07, 6.45) is 4.62. The van der Waals surface area contributed by atoms with E-state index in [0.29, 0.717) is 18.5 Å². The van der Waals surface area contributed by atoms with Gasteiger partial charge in [0.15, 0.2) is 0 Å². The minimum absolute atomic E-state index is 0.157. The first-order chi connectivity index (χ1) is 12.6.